The Morgan fingerprint density at radius 1 is 1.07 bits per heavy atom. The highest BCUT2D eigenvalue weighted by molar-refractivity contribution is 7.20. The number of rotatable bonds is 8. The van der Waals surface area contributed by atoms with E-state index >= 15 is 0 Å². The third-order valence-corrected chi connectivity index (χ3v) is 5.74. The summed E-state index contributed by atoms with van der Waals surface area (Å²) in [5.41, 5.74) is 1.84. The number of hydrogen-bond acceptors (Lipinski definition) is 5. The molecule has 1 amide bonds. The summed E-state index contributed by atoms with van der Waals surface area (Å²) in [5.74, 6) is 0.609. The molecule has 0 aliphatic heterocycles. The largest absolute Gasteiger partial charge is 0.465 e. The van der Waals surface area contributed by atoms with Crippen molar-refractivity contribution >= 4 is 39.8 Å². The maximum Gasteiger partial charge on any atom is 0.341 e. The van der Waals surface area contributed by atoms with Gasteiger partial charge in [-0.15, -0.1) is 11.3 Å². The molecule has 3 aromatic rings. The van der Waals surface area contributed by atoms with Gasteiger partial charge in [0.05, 0.1) is 23.4 Å². The number of hydrogen-bond donors (Lipinski definition) is 1. The molecular formula is C23H22ClNO4S. The second-order valence-electron chi connectivity index (χ2n) is 6.59. The summed E-state index contributed by atoms with van der Waals surface area (Å²) in [6.45, 7) is 2.00. The minimum Gasteiger partial charge on any atom is -0.465 e. The topological polar surface area (TPSA) is 64.6 Å². The van der Waals surface area contributed by atoms with Crippen LogP contribution in [-0.4, -0.2) is 19.0 Å². The molecule has 30 heavy (non-hydrogen) atoms. The molecule has 1 heterocycles. The minimum absolute atomic E-state index is 0.130. The Bertz CT molecular complexity index is 1030. The number of methoxy groups -OCH3 is 1. The Balaban J connectivity index is 1.74. The van der Waals surface area contributed by atoms with Crippen LogP contribution in [-0.2, 0) is 22.4 Å². The molecule has 0 fully saturated rings. The number of amides is 1. The molecule has 1 aromatic heterocycles. The molecule has 1 N–H and O–H groups in total. The van der Waals surface area contributed by atoms with Gasteiger partial charge in [0.25, 0.3) is 0 Å². The zero-order chi connectivity index (χ0) is 21.5. The molecule has 2 aromatic carbocycles. The molecule has 7 heteroatoms. The quantitative estimate of drug-likeness (QED) is 0.426. The average Bonchev–Trinajstić information content (AvgIpc) is 3.03. The molecule has 0 atom stereocenters. The van der Waals surface area contributed by atoms with E-state index < -0.39 is 5.97 Å². The van der Waals surface area contributed by atoms with Crippen LogP contribution >= 0.6 is 22.9 Å². The summed E-state index contributed by atoms with van der Waals surface area (Å²) in [6, 6.07) is 16.8. The lowest BCUT2D eigenvalue weighted by Crippen LogP contribution is -2.16. The second-order valence-corrected chi connectivity index (χ2v) is 8.21. The number of halogens is 1. The molecule has 0 saturated heterocycles. The molecule has 0 saturated carbocycles. The number of carbonyl (C=O) groups is 2. The van der Waals surface area contributed by atoms with Gasteiger partial charge < -0.3 is 14.8 Å². The van der Waals surface area contributed by atoms with Crippen LogP contribution in [0.25, 0.3) is 0 Å². The zero-order valence-corrected chi connectivity index (χ0v) is 18.3. The highest BCUT2D eigenvalue weighted by atomic mass is 35.5. The Morgan fingerprint density at radius 2 is 1.80 bits per heavy atom. The molecule has 0 spiro atoms. The molecule has 0 radical (unpaired) electrons. The van der Waals surface area contributed by atoms with E-state index in [9.17, 15) is 9.59 Å². The van der Waals surface area contributed by atoms with Crippen molar-refractivity contribution in [1.29, 1.82) is 0 Å². The van der Waals surface area contributed by atoms with Crippen molar-refractivity contribution in [3.63, 3.8) is 0 Å². The summed E-state index contributed by atoms with van der Waals surface area (Å²) in [4.78, 5) is 24.9. The van der Waals surface area contributed by atoms with Crippen LogP contribution in [0.3, 0.4) is 0 Å². The number of benzene rings is 2. The fourth-order valence-electron chi connectivity index (χ4n) is 3.02. The molecular weight excluding hydrogens is 422 g/mol. The van der Waals surface area contributed by atoms with Crippen molar-refractivity contribution in [1.82, 2.24) is 0 Å². The number of anilines is 1. The number of carbonyl (C=O) groups excluding carboxylic acids is 2. The summed E-state index contributed by atoms with van der Waals surface area (Å²) in [7, 11) is 1.31. The number of esters is 1. The Morgan fingerprint density at radius 3 is 2.50 bits per heavy atom. The van der Waals surface area contributed by atoms with Gasteiger partial charge in [0.1, 0.15) is 16.5 Å². The Hall–Kier alpha value is -2.83. The van der Waals surface area contributed by atoms with Gasteiger partial charge in [-0.1, -0.05) is 55.3 Å². The van der Waals surface area contributed by atoms with Crippen molar-refractivity contribution in [2.45, 2.75) is 26.2 Å². The Labute approximate surface area is 184 Å². The van der Waals surface area contributed by atoms with E-state index in [0.717, 1.165) is 17.7 Å². The van der Waals surface area contributed by atoms with Crippen LogP contribution in [0, 0.1) is 0 Å². The van der Waals surface area contributed by atoms with Gasteiger partial charge in [-0.05, 0) is 41.8 Å². The van der Waals surface area contributed by atoms with E-state index in [2.05, 4.69) is 5.32 Å². The van der Waals surface area contributed by atoms with E-state index in [-0.39, 0.29) is 12.3 Å². The molecule has 156 valence electrons. The first kappa shape index (κ1) is 21.9. The van der Waals surface area contributed by atoms with Crippen molar-refractivity contribution in [3.05, 3.63) is 75.6 Å². The zero-order valence-electron chi connectivity index (χ0n) is 16.7. The van der Waals surface area contributed by atoms with Crippen molar-refractivity contribution in [2.24, 2.45) is 0 Å². The van der Waals surface area contributed by atoms with Crippen LogP contribution in [0.5, 0.6) is 11.5 Å². The highest BCUT2D eigenvalue weighted by Crippen LogP contribution is 2.38. The second kappa shape index (κ2) is 10.3. The van der Waals surface area contributed by atoms with Crippen LogP contribution in [0.1, 0.15) is 34.8 Å². The fraction of sp³-hybridized carbons (Fsp3) is 0.217. The van der Waals surface area contributed by atoms with E-state index in [0.29, 0.717) is 32.6 Å². The monoisotopic (exact) mass is 443 g/mol. The van der Waals surface area contributed by atoms with Crippen LogP contribution in [0.4, 0.5) is 5.00 Å². The van der Waals surface area contributed by atoms with Crippen LogP contribution in [0.15, 0.2) is 54.6 Å². The van der Waals surface area contributed by atoms with E-state index in [1.807, 2.05) is 61.5 Å². The smallest absolute Gasteiger partial charge is 0.341 e. The molecule has 0 unspecified atom stereocenters. The fourth-order valence-corrected chi connectivity index (χ4v) is 4.42. The minimum atomic E-state index is -0.504. The van der Waals surface area contributed by atoms with Gasteiger partial charge in [0, 0.05) is 0 Å². The first-order valence-electron chi connectivity index (χ1n) is 9.53. The summed E-state index contributed by atoms with van der Waals surface area (Å²) < 4.78 is 11.2. The third-order valence-electron chi connectivity index (χ3n) is 4.34. The van der Waals surface area contributed by atoms with E-state index in [1.165, 1.54) is 18.4 Å². The molecule has 0 aliphatic carbocycles. The number of ether oxygens (including phenoxy) is 2. The van der Waals surface area contributed by atoms with E-state index in [4.69, 9.17) is 21.1 Å². The normalized spacial score (nSPS) is 10.5. The van der Waals surface area contributed by atoms with Gasteiger partial charge >= 0.3 is 5.97 Å². The third kappa shape index (κ3) is 5.40. The molecule has 3 rings (SSSR count). The SMILES string of the molecule is CCCc1c(Cl)sc(NC(=O)Cc2cccc(Oc3ccccc3)c2)c1C(=O)OC. The summed E-state index contributed by atoms with van der Waals surface area (Å²) >= 11 is 7.49. The first-order chi connectivity index (χ1) is 14.5. The highest BCUT2D eigenvalue weighted by Gasteiger charge is 2.24. The lowest BCUT2D eigenvalue weighted by atomic mass is 10.1. The lowest BCUT2D eigenvalue weighted by Gasteiger charge is -2.09. The van der Waals surface area contributed by atoms with Gasteiger partial charge in [-0.3, -0.25) is 4.79 Å². The van der Waals surface area contributed by atoms with Crippen LogP contribution < -0.4 is 10.1 Å². The van der Waals surface area contributed by atoms with Crippen molar-refractivity contribution < 1.29 is 19.1 Å². The van der Waals surface area contributed by atoms with Gasteiger partial charge in [-0.2, -0.15) is 0 Å². The standard InChI is InChI=1S/C23H22ClNO4S/c1-3-8-18-20(23(27)28-2)22(30-21(18)24)25-19(26)14-15-9-7-12-17(13-15)29-16-10-5-4-6-11-16/h4-7,9-13H,3,8,14H2,1-2H3,(H,25,26). The molecule has 0 bridgehead atoms. The number of para-hydroxylation sites is 1. The summed E-state index contributed by atoms with van der Waals surface area (Å²) in [5, 5.41) is 3.23. The van der Waals surface area contributed by atoms with Crippen molar-refractivity contribution in [2.75, 3.05) is 12.4 Å². The lowest BCUT2D eigenvalue weighted by molar-refractivity contribution is -0.115. The maximum atomic E-state index is 12.7. The average molecular weight is 444 g/mol. The number of thiophene rings is 1. The Kier molecular flexibility index (Phi) is 7.49. The molecule has 5 nitrogen and oxygen atoms in total. The van der Waals surface area contributed by atoms with Crippen LogP contribution in [0.2, 0.25) is 4.34 Å². The number of nitrogens with one attached hydrogen (secondary N) is 1. The van der Waals surface area contributed by atoms with Gasteiger partial charge in [0.2, 0.25) is 5.91 Å². The summed E-state index contributed by atoms with van der Waals surface area (Å²) in [6.07, 6.45) is 1.59. The van der Waals surface area contributed by atoms with Gasteiger partial charge in [-0.25, -0.2) is 4.79 Å². The van der Waals surface area contributed by atoms with Gasteiger partial charge in [0.15, 0.2) is 0 Å². The molecule has 0 aliphatic rings. The van der Waals surface area contributed by atoms with E-state index in [1.54, 1.807) is 0 Å². The van der Waals surface area contributed by atoms with Crippen molar-refractivity contribution in [3.8, 4) is 11.5 Å². The predicted octanol–water partition coefficient (Wildman–Crippen LogP) is 6.11. The predicted molar refractivity (Wildman–Crippen MR) is 120 cm³/mol. The maximum absolute atomic E-state index is 12.7. The first-order valence-corrected chi connectivity index (χ1v) is 10.7.